The van der Waals surface area contributed by atoms with Crippen molar-refractivity contribution in [2.45, 2.75) is 45.6 Å². The molecule has 1 N–H and O–H groups in total. The number of amides is 2. The molecule has 0 spiro atoms. The second kappa shape index (κ2) is 7.69. The van der Waals surface area contributed by atoms with E-state index in [0.29, 0.717) is 19.5 Å². The minimum atomic E-state index is -0.358. The molecule has 5 heteroatoms. The van der Waals surface area contributed by atoms with Gasteiger partial charge in [-0.15, -0.1) is 0 Å². The van der Waals surface area contributed by atoms with E-state index in [2.05, 4.69) is 5.32 Å². The maximum Gasteiger partial charge on any atom is 0.223 e. The number of nitrogens with zero attached hydrogens (tertiary/aromatic N) is 1. The lowest BCUT2D eigenvalue weighted by molar-refractivity contribution is -0.134. The van der Waals surface area contributed by atoms with Gasteiger partial charge in [-0.05, 0) is 44.7 Å². The third kappa shape index (κ3) is 4.73. The fraction of sp³-hybridized carbons (Fsp3) is 0.579. The number of para-hydroxylation sites is 1. The maximum absolute atomic E-state index is 12.6. The van der Waals surface area contributed by atoms with E-state index in [1.54, 1.807) is 14.0 Å². The van der Waals surface area contributed by atoms with E-state index in [1.807, 2.05) is 43.0 Å². The molecule has 0 bridgehead atoms. The van der Waals surface area contributed by atoms with Crippen LogP contribution >= 0.6 is 0 Å². The Morgan fingerprint density at radius 3 is 2.46 bits per heavy atom. The molecule has 0 radical (unpaired) electrons. The zero-order valence-electron chi connectivity index (χ0n) is 15.1. The zero-order valence-corrected chi connectivity index (χ0v) is 15.1. The van der Waals surface area contributed by atoms with E-state index >= 15 is 0 Å². The fourth-order valence-corrected chi connectivity index (χ4v) is 3.26. The number of rotatable bonds is 5. The molecule has 0 unspecified atom stereocenters. The van der Waals surface area contributed by atoms with Crippen LogP contribution in [-0.2, 0) is 16.0 Å². The van der Waals surface area contributed by atoms with Gasteiger partial charge in [-0.2, -0.15) is 0 Å². The first-order valence-electron chi connectivity index (χ1n) is 8.52. The highest BCUT2D eigenvalue weighted by molar-refractivity contribution is 5.80. The van der Waals surface area contributed by atoms with Gasteiger partial charge in [-0.1, -0.05) is 18.2 Å². The molecule has 1 saturated heterocycles. The zero-order chi connectivity index (χ0) is 17.7. The number of ether oxygens (including phenoxy) is 1. The maximum atomic E-state index is 12.6. The molecule has 1 aromatic rings. The Balaban J connectivity index is 1.94. The van der Waals surface area contributed by atoms with Gasteiger partial charge in [0.15, 0.2) is 0 Å². The molecule has 24 heavy (non-hydrogen) atoms. The van der Waals surface area contributed by atoms with Crippen molar-refractivity contribution >= 4 is 11.8 Å². The van der Waals surface area contributed by atoms with Crippen LogP contribution in [-0.4, -0.2) is 42.5 Å². The van der Waals surface area contributed by atoms with Crippen molar-refractivity contribution < 1.29 is 14.3 Å². The van der Waals surface area contributed by atoms with Crippen molar-refractivity contribution in [3.8, 4) is 5.75 Å². The topological polar surface area (TPSA) is 58.6 Å². The van der Waals surface area contributed by atoms with Crippen molar-refractivity contribution in [3.63, 3.8) is 0 Å². The molecule has 1 fully saturated rings. The van der Waals surface area contributed by atoms with E-state index in [-0.39, 0.29) is 23.3 Å². The van der Waals surface area contributed by atoms with Gasteiger partial charge >= 0.3 is 0 Å². The molecule has 1 heterocycles. The minimum Gasteiger partial charge on any atom is -0.496 e. The average molecular weight is 332 g/mol. The smallest absolute Gasteiger partial charge is 0.223 e. The van der Waals surface area contributed by atoms with Crippen LogP contribution in [0, 0.1) is 5.92 Å². The third-order valence-corrected chi connectivity index (χ3v) is 4.60. The highest BCUT2D eigenvalue weighted by atomic mass is 16.5. The summed E-state index contributed by atoms with van der Waals surface area (Å²) >= 11 is 0. The summed E-state index contributed by atoms with van der Waals surface area (Å²) in [6.45, 7) is 6.97. The summed E-state index contributed by atoms with van der Waals surface area (Å²) < 4.78 is 5.40. The summed E-state index contributed by atoms with van der Waals surface area (Å²) in [5.74, 6) is 0.996. The largest absolute Gasteiger partial charge is 0.496 e. The number of carbonyl (C=O) groups excluding carboxylic acids is 2. The Morgan fingerprint density at radius 2 is 1.88 bits per heavy atom. The predicted molar refractivity (Wildman–Crippen MR) is 93.9 cm³/mol. The first-order valence-corrected chi connectivity index (χ1v) is 8.52. The van der Waals surface area contributed by atoms with Crippen molar-refractivity contribution in [2.24, 2.45) is 5.92 Å². The Hall–Kier alpha value is -2.04. The summed E-state index contributed by atoms with van der Waals surface area (Å²) in [6.07, 6.45) is 2.17. The average Bonchev–Trinajstić information content (AvgIpc) is 2.54. The molecule has 0 saturated carbocycles. The van der Waals surface area contributed by atoms with Gasteiger partial charge in [-0.3, -0.25) is 9.59 Å². The van der Waals surface area contributed by atoms with Crippen molar-refractivity contribution in [3.05, 3.63) is 29.8 Å². The highest BCUT2D eigenvalue weighted by Crippen LogP contribution is 2.24. The number of hydrogen-bond donors (Lipinski definition) is 1. The molecule has 0 aliphatic carbocycles. The standard InChI is InChI=1S/C19H28N2O3/c1-14(22)21-11-9-15(10-12-21)18(23)20-19(2,3)13-16-7-5-6-8-17(16)24-4/h5-8,15H,9-13H2,1-4H3,(H,20,23). The molecule has 2 rings (SSSR count). The Labute approximate surface area is 144 Å². The Morgan fingerprint density at radius 1 is 1.25 bits per heavy atom. The normalized spacial score (nSPS) is 15.9. The summed E-state index contributed by atoms with van der Waals surface area (Å²) in [4.78, 5) is 25.8. The van der Waals surface area contributed by atoms with E-state index < -0.39 is 0 Å². The van der Waals surface area contributed by atoms with Gasteiger partial charge in [0.1, 0.15) is 5.75 Å². The molecule has 5 nitrogen and oxygen atoms in total. The van der Waals surface area contributed by atoms with Gasteiger partial charge in [0.25, 0.3) is 0 Å². The minimum absolute atomic E-state index is 0.0162. The van der Waals surface area contributed by atoms with E-state index in [9.17, 15) is 9.59 Å². The number of methoxy groups -OCH3 is 1. The van der Waals surface area contributed by atoms with Crippen LogP contribution < -0.4 is 10.1 Å². The summed E-state index contributed by atoms with van der Waals surface area (Å²) in [5, 5.41) is 3.17. The lowest BCUT2D eigenvalue weighted by Gasteiger charge is -2.34. The molecule has 0 aromatic heterocycles. The predicted octanol–water partition coefficient (Wildman–Crippen LogP) is 2.39. The van der Waals surface area contributed by atoms with Crippen molar-refractivity contribution in [1.82, 2.24) is 10.2 Å². The number of likely N-dealkylation sites (tertiary alicyclic amines) is 1. The first-order chi connectivity index (χ1) is 11.3. The second-order valence-electron chi connectivity index (χ2n) is 7.14. The van der Waals surface area contributed by atoms with Crippen LogP contribution in [0.4, 0.5) is 0 Å². The summed E-state index contributed by atoms with van der Waals surface area (Å²) in [7, 11) is 1.66. The number of nitrogens with one attached hydrogen (secondary N) is 1. The monoisotopic (exact) mass is 332 g/mol. The van der Waals surface area contributed by atoms with E-state index in [4.69, 9.17) is 4.74 Å². The van der Waals surface area contributed by atoms with Crippen LogP contribution in [0.5, 0.6) is 5.75 Å². The molecule has 0 atom stereocenters. The number of carbonyl (C=O) groups is 2. The van der Waals surface area contributed by atoms with Gasteiger partial charge in [-0.25, -0.2) is 0 Å². The van der Waals surface area contributed by atoms with Crippen molar-refractivity contribution in [2.75, 3.05) is 20.2 Å². The van der Waals surface area contributed by atoms with Crippen LogP contribution in [0.2, 0.25) is 0 Å². The van der Waals surface area contributed by atoms with Crippen LogP contribution in [0.25, 0.3) is 0 Å². The lowest BCUT2D eigenvalue weighted by atomic mass is 9.91. The number of piperidine rings is 1. The summed E-state index contributed by atoms with van der Waals surface area (Å²) in [5.41, 5.74) is 0.723. The Kier molecular flexibility index (Phi) is 5.86. The van der Waals surface area contributed by atoms with Crippen LogP contribution in [0.3, 0.4) is 0 Å². The molecule has 132 valence electrons. The van der Waals surface area contributed by atoms with E-state index in [0.717, 1.165) is 24.2 Å². The van der Waals surface area contributed by atoms with Crippen LogP contribution in [0.1, 0.15) is 39.2 Å². The first kappa shape index (κ1) is 18.3. The highest BCUT2D eigenvalue weighted by Gasteiger charge is 2.30. The Bertz CT molecular complexity index is 590. The van der Waals surface area contributed by atoms with Gasteiger partial charge in [0.2, 0.25) is 11.8 Å². The van der Waals surface area contributed by atoms with Gasteiger partial charge in [0, 0.05) is 31.5 Å². The summed E-state index contributed by atoms with van der Waals surface area (Å²) in [6, 6.07) is 7.88. The molecule has 2 amide bonds. The fourth-order valence-electron chi connectivity index (χ4n) is 3.26. The van der Waals surface area contributed by atoms with Gasteiger partial charge < -0.3 is 15.0 Å². The van der Waals surface area contributed by atoms with Gasteiger partial charge in [0.05, 0.1) is 7.11 Å². The third-order valence-electron chi connectivity index (χ3n) is 4.60. The quantitative estimate of drug-likeness (QED) is 0.901. The molecule has 1 aliphatic rings. The molecule has 1 aromatic carbocycles. The SMILES string of the molecule is COc1ccccc1CC(C)(C)NC(=O)C1CCN(C(C)=O)CC1. The second-order valence-corrected chi connectivity index (χ2v) is 7.14. The lowest BCUT2D eigenvalue weighted by Crippen LogP contribution is -2.50. The van der Waals surface area contributed by atoms with E-state index in [1.165, 1.54) is 0 Å². The van der Waals surface area contributed by atoms with Crippen molar-refractivity contribution in [1.29, 1.82) is 0 Å². The molecule has 1 aliphatic heterocycles. The number of benzene rings is 1. The molecular formula is C19H28N2O3. The number of hydrogen-bond acceptors (Lipinski definition) is 3. The molecular weight excluding hydrogens is 304 g/mol. The van der Waals surface area contributed by atoms with Crippen LogP contribution in [0.15, 0.2) is 24.3 Å².